The van der Waals surface area contributed by atoms with E-state index in [2.05, 4.69) is 6.08 Å². The zero-order chi connectivity index (χ0) is 16.5. The number of rotatable bonds is 1. The Balaban J connectivity index is 2.13. The Morgan fingerprint density at radius 2 is 2.00 bits per heavy atom. The zero-order valence-electron chi connectivity index (χ0n) is 12.9. The maximum absolute atomic E-state index is 11.8. The lowest BCUT2D eigenvalue weighted by molar-refractivity contribution is 0.482. The average molecular weight is 327 g/mol. The Bertz CT molecular complexity index is 992. The van der Waals surface area contributed by atoms with Crippen molar-refractivity contribution in [1.29, 1.82) is 0 Å². The molecule has 3 aliphatic rings. The van der Waals surface area contributed by atoms with Gasteiger partial charge in [-0.25, -0.2) is 0 Å². The lowest BCUT2D eigenvalue weighted by Crippen LogP contribution is -2.25. The van der Waals surface area contributed by atoms with Crippen molar-refractivity contribution in [2.24, 2.45) is 5.73 Å². The summed E-state index contributed by atoms with van der Waals surface area (Å²) in [6.45, 7) is 3.89. The molecule has 1 aromatic carbocycles. The third kappa shape index (κ3) is 1.90. The molecule has 0 heterocycles. The second kappa shape index (κ2) is 4.46. The minimum Gasteiger partial charge on any atom is -0.398 e. The Morgan fingerprint density at radius 1 is 1.26 bits per heavy atom. The van der Waals surface area contributed by atoms with Gasteiger partial charge in [0, 0.05) is 11.6 Å². The van der Waals surface area contributed by atoms with Gasteiger partial charge in [-0.2, -0.15) is 8.42 Å². The van der Waals surface area contributed by atoms with Crippen LogP contribution in [0.3, 0.4) is 0 Å². The van der Waals surface area contributed by atoms with Gasteiger partial charge in [0.2, 0.25) is 0 Å². The topological polar surface area (TPSA) is 80.4 Å². The molecule has 1 unspecified atom stereocenters. The molecule has 0 spiro atoms. The molecule has 0 amide bonds. The molecule has 0 fully saturated rings. The molecule has 1 atom stereocenters. The molecule has 0 saturated heterocycles. The zero-order valence-corrected chi connectivity index (χ0v) is 13.7. The first kappa shape index (κ1) is 14.5. The summed E-state index contributed by atoms with van der Waals surface area (Å²) in [6.07, 6.45) is 8.54. The van der Waals surface area contributed by atoms with E-state index in [0.717, 1.165) is 39.1 Å². The highest BCUT2D eigenvalue weighted by molar-refractivity contribution is 7.85. The van der Waals surface area contributed by atoms with Crippen molar-refractivity contribution in [3.8, 4) is 0 Å². The van der Waals surface area contributed by atoms with E-state index in [1.807, 2.05) is 32.1 Å². The number of hydrogen-bond acceptors (Lipinski definition) is 3. The molecule has 4 nitrogen and oxygen atoms in total. The molecule has 0 radical (unpaired) electrons. The minimum absolute atomic E-state index is 0.0180. The third-order valence-electron chi connectivity index (χ3n) is 4.99. The van der Waals surface area contributed by atoms with Crippen LogP contribution in [0.25, 0.3) is 6.08 Å². The SMILES string of the molecule is CC1=C2C=Cc3c(C)cc(S(=O)(=O)O)c4c3C2C(=CC4)C(N)=C1. The molecule has 0 saturated carbocycles. The van der Waals surface area contributed by atoms with Gasteiger partial charge >= 0.3 is 0 Å². The van der Waals surface area contributed by atoms with Crippen LogP contribution in [0.2, 0.25) is 0 Å². The standard InChI is InChI=1S/C18H17NO3S/c1-9-7-15(19)13-5-6-14-16(23(20,21)22)8-10(2)12-4-3-11(9)17(13)18(12)14/h3-5,7-8,17H,6,19H2,1-2H3,(H,20,21,22). The van der Waals surface area contributed by atoms with E-state index < -0.39 is 10.1 Å². The van der Waals surface area contributed by atoms with Crippen LogP contribution in [0.15, 0.2) is 51.6 Å². The molecule has 3 N–H and O–H groups in total. The first-order valence-electron chi connectivity index (χ1n) is 7.49. The first-order chi connectivity index (χ1) is 10.8. The first-order valence-corrected chi connectivity index (χ1v) is 8.93. The van der Waals surface area contributed by atoms with Crippen LogP contribution in [0.4, 0.5) is 0 Å². The number of allylic oxidation sites excluding steroid dienone is 6. The van der Waals surface area contributed by atoms with Gasteiger partial charge in [-0.3, -0.25) is 4.55 Å². The van der Waals surface area contributed by atoms with Crippen LogP contribution in [0.1, 0.15) is 35.1 Å². The number of nitrogens with two attached hydrogens (primary N) is 1. The van der Waals surface area contributed by atoms with Gasteiger partial charge in [-0.1, -0.05) is 18.2 Å². The van der Waals surface area contributed by atoms with Crippen molar-refractivity contribution in [3.05, 3.63) is 69.0 Å². The maximum atomic E-state index is 11.8. The van der Waals surface area contributed by atoms with Crippen LogP contribution in [0.5, 0.6) is 0 Å². The fraction of sp³-hybridized carbons (Fsp3) is 0.222. The molecular formula is C18H17NO3S. The summed E-state index contributed by atoms with van der Waals surface area (Å²) in [5.41, 5.74) is 13.8. The average Bonchev–Trinajstić information content (AvgIpc) is 2.48. The summed E-state index contributed by atoms with van der Waals surface area (Å²) >= 11 is 0. The van der Waals surface area contributed by atoms with E-state index in [9.17, 15) is 13.0 Å². The van der Waals surface area contributed by atoms with E-state index >= 15 is 0 Å². The molecule has 0 aliphatic heterocycles. The largest absolute Gasteiger partial charge is 0.398 e. The van der Waals surface area contributed by atoms with E-state index in [0.29, 0.717) is 12.0 Å². The van der Waals surface area contributed by atoms with Crippen LogP contribution in [-0.4, -0.2) is 13.0 Å². The normalized spacial score (nSPS) is 21.8. The van der Waals surface area contributed by atoms with Crippen molar-refractivity contribution < 1.29 is 13.0 Å². The van der Waals surface area contributed by atoms with Crippen molar-refractivity contribution >= 4 is 16.2 Å². The van der Waals surface area contributed by atoms with Gasteiger partial charge in [0.05, 0.1) is 4.90 Å². The third-order valence-corrected chi connectivity index (χ3v) is 5.91. The van der Waals surface area contributed by atoms with E-state index in [1.54, 1.807) is 6.07 Å². The summed E-state index contributed by atoms with van der Waals surface area (Å²) in [5, 5.41) is 0. The Morgan fingerprint density at radius 3 is 2.70 bits per heavy atom. The highest BCUT2D eigenvalue weighted by Gasteiger charge is 2.37. The highest BCUT2D eigenvalue weighted by Crippen LogP contribution is 2.50. The monoisotopic (exact) mass is 327 g/mol. The fourth-order valence-electron chi connectivity index (χ4n) is 3.98. The number of aryl methyl sites for hydroxylation is 1. The lowest BCUT2D eigenvalue weighted by atomic mass is 9.68. The molecule has 4 rings (SSSR count). The minimum atomic E-state index is -4.26. The summed E-state index contributed by atoms with van der Waals surface area (Å²) in [5.74, 6) is -0.0378. The molecule has 1 aromatic rings. The highest BCUT2D eigenvalue weighted by atomic mass is 32.2. The Hall–Kier alpha value is -2.11. The fourth-order valence-corrected chi connectivity index (χ4v) is 4.81. The van der Waals surface area contributed by atoms with Crippen LogP contribution in [-0.2, 0) is 16.5 Å². The van der Waals surface area contributed by atoms with Gasteiger partial charge < -0.3 is 5.73 Å². The van der Waals surface area contributed by atoms with Crippen molar-refractivity contribution in [2.75, 3.05) is 0 Å². The smallest absolute Gasteiger partial charge is 0.294 e. The van der Waals surface area contributed by atoms with Crippen molar-refractivity contribution in [1.82, 2.24) is 0 Å². The Kier molecular flexibility index (Phi) is 2.81. The predicted octanol–water partition coefficient (Wildman–Crippen LogP) is 3.01. The van der Waals surface area contributed by atoms with Crippen LogP contribution >= 0.6 is 0 Å². The molecule has 0 bridgehead atoms. The molecule has 5 heteroatoms. The van der Waals surface area contributed by atoms with E-state index in [4.69, 9.17) is 5.73 Å². The number of hydrogen-bond donors (Lipinski definition) is 2. The van der Waals surface area contributed by atoms with Gasteiger partial charge in [-0.05, 0) is 71.4 Å². The van der Waals surface area contributed by atoms with Gasteiger partial charge in [-0.15, -0.1) is 0 Å². The second-order valence-electron chi connectivity index (χ2n) is 6.34. The molecule has 118 valence electrons. The van der Waals surface area contributed by atoms with Crippen molar-refractivity contribution in [3.63, 3.8) is 0 Å². The van der Waals surface area contributed by atoms with Gasteiger partial charge in [0.15, 0.2) is 0 Å². The predicted molar refractivity (Wildman–Crippen MR) is 89.5 cm³/mol. The molecular weight excluding hydrogens is 310 g/mol. The summed E-state index contributed by atoms with van der Waals surface area (Å²) in [7, 11) is -4.26. The van der Waals surface area contributed by atoms with E-state index in [1.165, 1.54) is 0 Å². The Labute approximate surface area is 135 Å². The summed E-state index contributed by atoms with van der Waals surface area (Å²) in [6, 6.07) is 1.57. The summed E-state index contributed by atoms with van der Waals surface area (Å²) in [4.78, 5) is 0.0180. The molecule has 23 heavy (non-hydrogen) atoms. The molecule has 3 aliphatic carbocycles. The van der Waals surface area contributed by atoms with Crippen LogP contribution in [0, 0.1) is 6.92 Å². The number of benzene rings is 1. The van der Waals surface area contributed by atoms with Gasteiger partial charge in [0.1, 0.15) is 0 Å². The van der Waals surface area contributed by atoms with Crippen LogP contribution < -0.4 is 5.73 Å². The van der Waals surface area contributed by atoms with Crippen molar-refractivity contribution in [2.45, 2.75) is 31.1 Å². The second-order valence-corrected chi connectivity index (χ2v) is 7.73. The maximum Gasteiger partial charge on any atom is 0.294 e. The van der Waals surface area contributed by atoms with E-state index in [-0.39, 0.29) is 10.8 Å². The molecule has 0 aromatic heterocycles. The quantitative estimate of drug-likeness (QED) is 0.777. The lowest BCUT2D eigenvalue weighted by Gasteiger charge is -2.37. The van der Waals surface area contributed by atoms with Gasteiger partial charge in [0.25, 0.3) is 10.1 Å². The summed E-state index contributed by atoms with van der Waals surface area (Å²) < 4.78 is 33.3.